The standard InChI is InChI=1S/C24H26F3N5O2/c1-16(33)32-13-12-31(14-21(32)17-6-8-18(9-7-17)24(25,26)27)15-23(34)28-11-10-22-29-19-4-2-3-5-20(19)30-22/h2-9,21H,10-15H2,1H3,(H,28,34)(H,29,30)/t21-/m0/s1. The predicted molar refractivity (Wildman–Crippen MR) is 121 cm³/mol. The molecule has 1 atom stereocenters. The van der Waals surface area contributed by atoms with Crippen molar-refractivity contribution in [1.82, 2.24) is 25.1 Å². The average molecular weight is 473 g/mol. The molecule has 2 amide bonds. The largest absolute Gasteiger partial charge is 0.416 e. The van der Waals surface area contributed by atoms with Crippen LogP contribution in [-0.2, 0) is 22.2 Å². The first-order chi connectivity index (χ1) is 16.2. The van der Waals surface area contributed by atoms with Crippen molar-refractivity contribution in [3.05, 3.63) is 65.5 Å². The number of aromatic nitrogens is 2. The van der Waals surface area contributed by atoms with Crippen LogP contribution in [-0.4, -0.2) is 64.3 Å². The van der Waals surface area contributed by atoms with Crippen LogP contribution in [0.1, 0.15) is 29.9 Å². The molecule has 0 bridgehead atoms. The van der Waals surface area contributed by atoms with E-state index in [1.165, 1.54) is 19.1 Å². The summed E-state index contributed by atoms with van der Waals surface area (Å²) in [7, 11) is 0. The Morgan fingerprint density at radius 3 is 2.53 bits per heavy atom. The van der Waals surface area contributed by atoms with Gasteiger partial charge in [-0.2, -0.15) is 13.2 Å². The van der Waals surface area contributed by atoms with Gasteiger partial charge in [0.25, 0.3) is 0 Å². The van der Waals surface area contributed by atoms with Gasteiger partial charge in [0.2, 0.25) is 11.8 Å². The number of hydrogen-bond donors (Lipinski definition) is 2. The first-order valence-electron chi connectivity index (χ1n) is 11.1. The molecule has 1 saturated heterocycles. The van der Waals surface area contributed by atoms with E-state index >= 15 is 0 Å². The van der Waals surface area contributed by atoms with Gasteiger partial charge in [0, 0.05) is 39.5 Å². The molecule has 7 nitrogen and oxygen atoms in total. The Hall–Kier alpha value is -3.40. The maximum Gasteiger partial charge on any atom is 0.416 e. The van der Waals surface area contributed by atoms with Crippen LogP contribution in [0.25, 0.3) is 11.0 Å². The second-order valence-corrected chi connectivity index (χ2v) is 8.38. The summed E-state index contributed by atoms with van der Waals surface area (Å²) in [6.45, 7) is 3.28. The van der Waals surface area contributed by atoms with Crippen molar-refractivity contribution in [3.8, 4) is 0 Å². The molecule has 1 aromatic heterocycles. The minimum absolute atomic E-state index is 0.142. The highest BCUT2D eigenvalue weighted by Gasteiger charge is 2.33. The third-order valence-corrected chi connectivity index (χ3v) is 5.98. The molecule has 0 aliphatic carbocycles. The van der Waals surface area contributed by atoms with Crippen LogP contribution in [0.2, 0.25) is 0 Å². The summed E-state index contributed by atoms with van der Waals surface area (Å²) >= 11 is 0. The lowest BCUT2D eigenvalue weighted by atomic mass is 10.0. The molecule has 1 aliphatic rings. The van der Waals surface area contributed by atoms with E-state index in [9.17, 15) is 22.8 Å². The fourth-order valence-corrected chi connectivity index (χ4v) is 4.24. The summed E-state index contributed by atoms with van der Waals surface area (Å²) in [5.41, 5.74) is 1.70. The van der Waals surface area contributed by atoms with Gasteiger partial charge in [-0.25, -0.2) is 4.98 Å². The Kier molecular flexibility index (Phi) is 6.87. The van der Waals surface area contributed by atoms with E-state index in [0.29, 0.717) is 38.2 Å². The molecule has 4 rings (SSSR count). The third-order valence-electron chi connectivity index (χ3n) is 5.98. The quantitative estimate of drug-likeness (QED) is 0.577. The van der Waals surface area contributed by atoms with Crippen molar-refractivity contribution in [2.24, 2.45) is 0 Å². The maximum absolute atomic E-state index is 12.9. The predicted octanol–water partition coefficient (Wildman–Crippen LogP) is 3.15. The number of amides is 2. The molecule has 180 valence electrons. The molecule has 1 fully saturated rings. The van der Waals surface area contributed by atoms with Gasteiger partial charge < -0.3 is 15.2 Å². The lowest BCUT2D eigenvalue weighted by Crippen LogP contribution is -2.52. The summed E-state index contributed by atoms with van der Waals surface area (Å²) in [5.74, 6) is 0.484. The van der Waals surface area contributed by atoms with E-state index in [4.69, 9.17) is 0 Å². The van der Waals surface area contributed by atoms with Gasteiger partial charge in [-0.3, -0.25) is 14.5 Å². The van der Waals surface area contributed by atoms with E-state index in [0.717, 1.165) is 29.0 Å². The summed E-state index contributed by atoms with van der Waals surface area (Å²) < 4.78 is 38.7. The van der Waals surface area contributed by atoms with E-state index < -0.39 is 17.8 Å². The lowest BCUT2D eigenvalue weighted by molar-refractivity contribution is -0.138. The van der Waals surface area contributed by atoms with Crippen molar-refractivity contribution in [2.45, 2.75) is 25.6 Å². The van der Waals surface area contributed by atoms with Gasteiger partial charge >= 0.3 is 6.18 Å². The zero-order chi connectivity index (χ0) is 24.3. The molecule has 3 aromatic rings. The van der Waals surface area contributed by atoms with E-state index in [-0.39, 0.29) is 18.4 Å². The average Bonchev–Trinajstić information content (AvgIpc) is 3.21. The number of carbonyl (C=O) groups excluding carboxylic acids is 2. The normalized spacial score (nSPS) is 17.2. The number of imidazole rings is 1. The van der Waals surface area contributed by atoms with Gasteiger partial charge in [0.1, 0.15) is 5.82 Å². The van der Waals surface area contributed by atoms with E-state index in [1.54, 1.807) is 4.90 Å². The summed E-state index contributed by atoms with van der Waals surface area (Å²) in [4.78, 5) is 35.9. The van der Waals surface area contributed by atoms with Crippen molar-refractivity contribution < 1.29 is 22.8 Å². The van der Waals surface area contributed by atoms with Crippen molar-refractivity contribution in [2.75, 3.05) is 32.7 Å². The minimum atomic E-state index is -4.42. The number of piperazine rings is 1. The molecule has 34 heavy (non-hydrogen) atoms. The summed E-state index contributed by atoms with van der Waals surface area (Å²) in [6.07, 6.45) is -3.86. The number of aromatic amines is 1. The molecule has 10 heteroatoms. The molecule has 2 N–H and O–H groups in total. The van der Waals surface area contributed by atoms with Crippen LogP contribution in [0.5, 0.6) is 0 Å². The fourth-order valence-electron chi connectivity index (χ4n) is 4.24. The molecule has 1 aliphatic heterocycles. The number of halogens is 3. The zero-order valence-electron chi connectivity index (χ0n) is 18.7. The second-order valence-electron chi connectivity index (χ2n) is 8.38. The molecular formula is C24H26F3N5O2. The zero-order valence-corrected chi connectivity index (χ0v) is 18.7. The number of para-hydroxylation sites is 2. The Bertz CT molecular complexity index is 1130. The molecule has 2 heterocycles. The molecular weight excluding hydrogens is 447 g/mol. The van der Waals surface area contributed by atoms with Gasteiger partial charge in [-0.1, -0.05) is 24.3 Å². The highest BCUT2D eigenvalue weighted by molar-refractivity contribution is 5.78. The molecule has 0 saturated carbocycles. The Morgan fingerprint density at radius 1 is 1.12 bits per heavy atom. The Morgan fingerprint density at radius 2 is 1.85 bits per heavy atom. The second kappa shape index (κ2) is 9.84. The van der Waals surface area contributed by atoms with Crippen molar-refractivity contribution in [1.29, 1.82) is 0 Å². The van der Waals surface area contributed by atoms with Crippen LogP contribution in [0.4, 0.5) is 13.2 Å². The van der Waals surface area contributed by atoms with Gasteiger partial charge in [-0.05, 0) is 29.8 Å². The summed E-state index contributed by atoms with van der Waals surface area (Å²) in [5, 5.41) is 2.89. The number of rotatable bonds is 6. The highest BCUT2D eigenvalue weighted by atomic mass is 19.4. The van der Waals surface area contributed by atoms with Crippen LogP contribution in [0.3, 0.4) is 0 Å². The lowest BCUT2D eigenvalue weighted by Gasteiger charge is -2.41. The topological polar surface area (TPSA) is 81.3 Å². The van der Waals surface area contributed by atoms with Crippen LogP contribution >= 0.6 is 0 Å². The number of alkyl halides is 3. The number of fused-ring (bicyclic) bond motifs is 1. The molecule has 0 radical (unpaired) electrons. The highest BCUT2D eigenvalue weighted by Crippen LogP contribution is 2.32. The maximum atomic E-state index is 12.9. The number of carbonyl (C=O) groups is 2. The SMILES string of the molecule is CC(=O)N1CCN(CC(=O)NCCc2nc3ccccc3[nH]2)C[C@H]1c1ccc(C(F)(F)F)cc1. The Labute approximate surface area is 194 Å². The third kappa shape index (κ3) is 5.56. The van der Waals surface area contributed by atoms with Gasteiger partial charge in [0.05, 0.1) is 29.2 Å². The summed E-state index contributed by atoms with van der Waals surface area (Å²) in [6, 6.07) is 12.1. The van der Waals surface area contributed by atoms with E-state index in [2.05, 4.69) is 15.3 Å². The monoisotopic (exact) mass is 473 g/mol. The Balaban J connectivity index is 1.33. The van der Waals surface area contributed by atoms with Crippen LogP contribution in [0, 0.1) is 0 Å². The minimum Gasteiger partial charge on any atom is -0.355 e. The molecule has 2 aromatic carbocycles. The smallest absolute Gasteiger partial charge is 0.355 e. The number of nitrogens with one attached hydrogen (secondary N) is 2. The molecule has 0 spiro atoms. The number of nitrogens with zero attached hydrogens (tertiary/aromatic N) is 3. The van der Waals surface area contributed by atoms with Gasteiger partial charge in [0.15, 0.2) is 0 Å². The van der Waals surface area contributed by atoms with E-state index in [1.807, 2.05) is 29.2 Å². The first-order valence-corrected chi connectivity index (χ1v) is 11.1. The van der Waals surface area contributed by atoms with Gasteiger partial charge in [-0.15, -0.1) is 0 Å². The molecule has 0 unspecified atom stereocenters. The number of hydrogen-bond acceptors (Lipinski definition) is 4. The van der Waals surface area contributed by atoms with Crippen LogP contribution in [0.15, 0.2) is 48.5 Å². The first kappa shape index (κ1) is 23.7. The van der Waals surface area contributed by atoms with Crippen LogP contribution < -0.4 is 5.32 Å². The van der Waals surface area contributed by atoms with Crippen molar-refractivity contribution >= 4 is 22.8 Å². The number of H-pyrrole nitrogens is 1. The number of benzene rings is 2. The fraction of sp³-hybridized carbons (Fsp3) is 0.375. The van der Waals surface area contributed by atoms with Crippen molar-refractivity contribution in [3.63, 3.8) is 0 Å².